The summed E-state index contributed by atoms with van der Waals surface area (Å²) in [6.07, 6.45) is 3.63. The fourth-order valence-electron chi connectivity index (χ4n) is 0.988. The molecule has 1 heteroatoms. The Bertz CT molecular complexity index is 78.9. The lowest BCUT2D eigenvalue weighted by atomic mass is 10.1. The third kappa shape index (κ3) is 7.86. The molecule has 0 amide bonds. The van der Waals surface area contributed by atoms with Gasteiger partial charge in [-0.15, -0.1) is 0 Å². The first kappa shape index (κ1) is 11.0. The summed E-state index contributed by atoms with van der Waals surface area (Å²) in [5.41, 5.74) is 0. The average Bonchev–Trinajstić information content (AvgIpc) is 1.86. The first-order valence-corrected chi connectivity index (χ1v) is 4.61. The van der Waals surface area contributed by atoms with Crippen molar-refractivity contribution in [3.8, 4) is 0 Å². The molecule has 0 saturated heterocycles. The molecule has 1 nitrogen and oxygen atoms in total. The van der Waals surface area contributed by atoms with Crippen molar-refractivity contribution in [2.75, 3.05) is 6.61 Å². The van der Waals surface area contributed by atoms with Crippen molar-refractivity contribution in [3.05, 3.63) is 6.92 Å². The fraction of sp³-hybridized carbons (Fsp3) is 0.900. The first-order chi connectivity index (χ1) is 5.16. The van der Waals surface area contributed by atoms with Crippen molar-refractivity contribution in [2.45, 2.75) is 46.1 Å². The number of ether oxygens (including phenoxy) is 1. The lowest BCUT2D eigenvalue weighted by Crippen LogP contribution is -2.12. The molecule has 0 aromatic heterocycles. The second kappa shape index (κ2) is 6.66. The average molecular weight is 157 g/mol. The highest BCUT2D eigenvalue weighted by molar-refractivity contribution is 4.61. The number of hydrogen-bond acceptors (Lipinski definition) is 1. The van der Waals surface area contributed by atoms with Crippen LogP contribution in [0.1, 0.15) is 40.0 Å². The summed E-state index contributed by atoms with van der Waals surface area (Å²) in [5.74, 6) is 0.694. The lowest BCUT2D eigenvalue weighted by Gasteiger charge is -2.14. The van der Waals surface area contributed by atoms with Crippen LogP contribution in [-0.2, 0) is 4.74 Å². The highest BCUT2D eigenvalue weighted by Crippen LogP contribution is 2.07. The van der Waals surface area contributed by atoms with E-state index in [2.05, 4.69) is 27.7 Å². The quantitative estimate of drug-likeness (QED) is 0.538. The Labute approximate surface area is 71.1 Å². The molecule has 0 heterocycles. The highest BCUT2D eigenvalue weighted by Gasteiger charge is 2.03. The minimum Gasteiger partial charge on any atom is -0.378 e. The van der Waals surface area contributed by atoms with Crippen LogP contribution in [-0.4, -0.2) is 12.7 Å². The molecule has 1 unspecified atom stereocenters. The predicted octanol–water partition coefficient (Wildman–Crippen LogP) is 3.05. The molecule has 0 N–H and O–H groups in total. The highest BCUT2D eigenvalue weighted by atomic mass is 16.5. The van der Waals surface area contributed by atoms with Gasteiger partial charge in [-0.05, 0) is 25.7 Å². The largest absolute Gasteiger partial charge is 0.378 e. The number of unbranched alkanes of at least 4 members (excludes halogenated alkanes) is 1. The van der Waals surface area contributed by atoms with Gasteiger partial charge in [0.25, 0.3) is 0 Å². The van der Waals surface area contributed by atoms with Crippen LogP contribution in [0.4, 0.5) is 0 Å². The molecule has 67 valence electrons. The summed E-state index contributed by atoms with van der Waals surface area (Å²) < 4.78 is 5.48. The topological polar surface area (TPSA) is 9.23 Å². The molecule has 0 bridgehead atoms. The summed E-state index contributed by atoms with van der Waals surface area (Å²) in [6.45, 7) is 11.4. The Balaban J connectivity index is 3.15. The van der Waals surface area contributed by atoms with Gasteiger partial charge in [-0.2, -0.15) is 0 Å². The van der Waals surface area contributed by atoms with E-state index in [1.165, 1.54) is 6.42 Å². The molecule has 1 atom stereocenters. The molecule has 0 rings (SSSR count). The minimum atomic E-state index is 0.196. The lowest BCUT2D eigenvalue weighted by molar-refractivity contribution is 0.0672. The van der Waals surface area contributed by atoms with Crippen molar-refractivity contribution >= 4 is 0 Å². The van der Waals surface area contributed by atoms with E-state index in [0.29, 0.717) is 5.92 Å². The molecule has 0 aliphatic heterocycles. The normalized spacial score (nSPS) is 13.9. The molecule has 0 aliphatic carbocycles. The maximum Gasteiger partial charge on any atom is 0.0578 e. The van der Waals surface area contributed by atoms with Gasteiger partial charge in [0.1, 0.15) is 0 Å². The molecule has 0 aromatic carbocycles. The second-order valence-corrected chi connectivity index (χ2v) is 3.48. The van der Waals surface area contributed by atoms with Gasteiger partial charge in [-0.3, -0.25) is 0 Å². The third-order valence-electron chi connectivity index (χ3n) is 1.59. The van der Waals surface area contributed by atoms with Gasteiger partial charge in [0, 0.05) is 6.61 Å². The molecule has 11 heavy (non-hydrogen) atoms. The Kier molecular flexibility index (Phi) is 6.63. The van der Waals surface area contributed by atoms with E-state index < -0.39 is 0 Å². The van der Waals surface area contributed by atoms with Crippen LogP contribution in [0.15, 0.2) is 0 Å². The third-order valence-corrected chi connectivity index (χ3v) is 1.59. The molecule has 0 aliphatic rings. The van der Waals surface area contributed by atoms with Crippen molar-refractivity contribution in [1.29, 1.82) is 0 Å². The molecule has 0 saturated carbocycles. The summed E-state index contributed by atoms with van der Waals surface area (Å²) >= 11 is 0. The molecule has 0 aromatic rings. The summed E-state index contributed by atoms with van der Waals surface area (Å²) in [7, 11) is 0. The Hall–Kier alpha value is -0.0400. The van der Waals surface area contributed by atoms with Crippen molar-refractivity contribution in [3.63, 3.8) is 0 Å². The molecule has 1 radical (unpaired) electrons. The van der Waals surface area contributed by atoms with Crippen LogP contribution in [0.25, 0.3) is 0 Å². The van der Waals surface area contributed by atoms with Gasteiger partial charge < -0.3 is 4.74 Å². The second-order valence-electron chi connectivity index (χ2n) is 3.48. The summed E-state index contributed by atoms with van der Waals surface area (Å²) in [5, 5.41) is 0. The Morgan fingerprint density at radius 3 is 2.45 bits per heavy atom. The summed E-state index contributed by atoms with van der Waals surface area (Å²) in [6, 6.07) is 0. The van der Waals surface area contributed by atoms with Gasteiger partial charge in [-0.25, -0.2) is 0 Å². The molecular weight excluding hydrogens is 136 g/mol. The Morgan fingerprint density at radius 2 is 2.00 bits per heavy atom. The van der Waals surface area contributed by atoms with E-state index in [1.54, 1.807) is 0 Å². The predicted molar refractivity (Wildman–Crippen MR) is 49.5 cm³/mol. The van der Waals surface area contributed by atoms with Crippen LogP contribution < -0.4 is 0 Å². The van der Waals surface area contributed by atoms with Gasteiger partial charge in [-0.1, -0.05) is 27.2 Å². The van der Waals surface area contributed by atoms with Crippen LogP contribution in [0.5, 0.6) is 0 Å². The standard InChI is InChI=1S/C10H21O/c1-5-6-7-11-10(4)8-9(2)3/h9-10H,4-8H2,1-3H3. The van der Waals surface area contributed by atoms with E-state index >= 15 is 0 Å². The van der Waals surface area contributed by atoms with E-state index in [0.717, 1.165) is 19.4 Å². The maximum atomic E-state index is 5.48. The Morgan fingerprint density at radius 1 is 1.36 bits per heavy atom. The van der Waals surface area contributed by atoms with Crippen LogP contribution in [0.3, 0.4) is 0 Å². The van der Waals surface area contributed by atoms with Crippen molar-refractivity contribution in [1.82, 2.24) is 0 Å². The van der Waals surface area contributed by atoms with E-state index in [1.807, 2.05) is 0 Å². The number of hydrogen-bond donors (Lipinski definition) is 0. The van der Waals surface area contributed by atoms with Crippen molar-refractivity contribution in [2.24, 2.45) is 5.92 Å². The van der Waals surface area contributed by atoms with Crippen LogP contribution in [0.2, 0.25) is 0 Å². The number of rotatable bonds is 6. The summed E-state index contributed by atoms with van der Waals surface area (Å²) in [4.78, 5) is 0. The monoisotopic (exact) mass is 157 g/mol. The zero-order valence-electron chi connectivity index (χ0n) is 8.10. The molecular formula is C10H21O. The van der Waals surface area contributed by atoms with Crippen molar-refractivity contribution < 1.29 is 4.74 Å². The SMILES string of the molecule is [CH2]C(CC(C)C)OCCCC. The van der Waals surface area contributed by atoms with Gasteiger partial charge in [0.15, 0.2) is 0 Å². The minimum absolute atomic E-state index is 0.196. The van der Waals surface area contributed by atoms with Gasteiger partial charge >= 0.3 is 0 Å². The van der Waals surface area contributed by atoms with E-state index in [-0.39, 0.29) is 6.10 Å². The van der Waals surface area contributed by atoms with E-state index in [4.69, 9.17) is 4.74 Å². The van der Waals surface area contributed by atoms with Crippen LogP contribution >= 0.6 is 0 Å². The molecule has 0 fully saturated rings. The fourth-order valence-corrected chi connectivity index (χ4v) is 0.988. The van der Waals surface area contributed by atoms with Gasteiger partial charge in [0.2, 0.25) is 0 Å². The van der Waals surface area contributed by atoms with Crippen LogP contribution in [0, 0.1) is 12.8 Å². The van der Waals surface area contributed by atoms with E-state index in [9.17, 15) is 0 Å². The first-order valence-electron chi connectivity index (χ1n) is 4.61. The molecule has 0 spiro atoms. The zero-order chi connectivity index (χ0) is 8.69. The zero-order valence-corrected chi connectivity index (χ0v) is 8.10. The van der Waals surface area contributed by atoms with Gasteiger partial charge in [0.05, 0.1) is 6.10 Å². The smallest absolute Gasteiger partial charge is 0.0578 e. The maximum absolute atomic E-state index is 5.48.